The van der Waals surface area contributed by atoms with Crippen molar-refractivity contribution in [1.29, 1.82) is 0 Å². The number of aliphatic hydroxyl groups is 1. The maximum atomic E-state index is 13.5. The van der Waals surface area contributed by atoms with E-state index in [1.54, 1.807) is 6.07 Å². The Labute approximate surface area is 198 Å². The van der Waals surface area contributed by atoms with Crippen molar-refractivity contribution in [3.63, 3.8) is 0 Å². The van der Waals surface area contributed by atoms with Gasteiger partial charge in [0.05, 0.1) is 24.9 Å². The number of carbonyl (C=O) groups excluding carboxylic acids is 1. The zero-order chi connectivity index (χ0) is 24.8. The Morgan fingerprint density at radius 3 is 2.41 bits per heavy atom. The molecule has 180 valence electrons. The van der Waals surface area contributed by atoms with Crippen LogP contribution >= 0.6 is 11.6 Å². The highest BCUT2D eigenvalue weighted by atomic mass is 35.5. The number of nitrogens with one attached hydrogen (secondary N) is 1. The lowest BCUT2D eigenvalue weighted by atomic mass is 10.1. The van der Waals surface area contributed by atoms with Crippen molar-refractivity contribution >= 4 is 17.5 Å². The number of pyridine rings is 1. The van der Waals surface area contributed by atoms with Crippen LogP contribution in [0.1, 0.15) is 22.2 Å². The molecule has 1 atom stereocenters. The average molecular weight is 497 g/mol. The predicted octanol–water partition coefficient (Wildman–Crippen LogP) is 4.62. The molecule has 7 nitrogen and oxygen atoms in total. The van der Waals surface area contributed by atoms with Crippen molar-refractivity contribution in [2.45, 2.75) is 12.7 Å². The molecule has 0 radical (unpaired) electrons. The predicted molar refractivity (Wildman–Crippen MR) is 118 cm³/mol. The number of hydrogen-bond donors (Lipinski definition) is 2. The van der Waals surface area contributed by atoms with Crippen LogP contribution in [0.3, 0.4) is 0 Å². The van der Waals surface area contributed by atoms with Gasteiger partial charge in [-0.05, 0) is 48.5 Å². The normalized spacial score (nSPS) is 11.8. The molecular formula is C23H20ClF3N2O5. The first kappa shape index (κ1) is 25.1. The van der Waals surface area contributed by atoms with E-state index in [1.165, 1.54) is 56.7 Å². The van der Waals surface area contributed by atoms with E-state index in [-0.39, 0.29) is 34.3 Å². The highest BCUT2D eigenvalue weighted by molar-refractivity contribution is 6.31. The highest BCUT2D eigenvalue weighted by Gasteiger charge is 2.18. The third-order valence-corrected chi connectivity index (χ3v) is 5.02. The molecule has 3 aromatic rings. The maximum absolute atomic E-state index is 13.5. The van der Waals surface area contributed by atoms with Crippen molar-refractivity contribution in [2.75, 3.05) is 20.8 Å². The maximum Gasteiger partial charge on any atom is 0.387 e. The number of alkyl halides is 2. The second kappa shape index (κ2) is 11.1. The average Bonchev–Trinajstić information content (AvgIpc) is 2.83. The quantitative estimate of drug-likeness (QED) is 0.449. The van der Waals surface area contributed by atoms with E-state index < -0.39 is 24.4 Å². The fourth-order valence-electron chi connectivity index (χ4n) is 3.06. The van der Waals surface area contributed by atoms with Gasteiger partial charge in [-0.1, -0.05) is 11.6 Å². The molecule has 0 fully saturated rings. The van der Waals surface area contributed by atoms with Crippen LogP contribution in [0.25, 0.3) is 11.3 Å². The molecule has 0 bridgehead atoms. The summed E-state index contributed by atoms with van der Waals surface area (Å²) in [5.41, 5.74) is 1.12. The third-order valence-electron chi connectivity index (χ3n) is 4.73. The summed E-state index contributed by atoms with van der Waals surface area (Å²) in [5.74, 6) is -1.06. The van der Waals surface area contributed by atoms with Gasteiger partial charge in [0.1, 0.15) is 23.4 Å². The number of amides is 1. The molecule has 1 heterocycles. The smallest absolute Gasteiger partial charge is 0.387 e. The summed E-state index contributed by atoms with van der Waals surface area (Å²) in [4.78, 5) is 16.9. The van der Waals surface area contributed by atoms with Crippen LogP contribution in [-0.2, 0) is 0 Å². The van der Waals surface area contributed by atoms with Gasteiger partial charge >= 0.3 is 6.61 Å². The Morgan fingerprint density at radius 2 is 1.76 bits per heavy atom. The summed E-state index contributed by atoms with van der Waals surface area (Å²) in [5, 5.41) is 13.0. The molecular weight excluding hydrogens is 477 g/mol. The first-order chi connectivity index (χ1) is 16.2. The SMILES string of the molecule is COc1cc(C(=O)NCC(O)c2ccc(OC)c(-c3ccc(F)c(Cl)c3)n2)ccc1OC(F)F. The minimum absolute atomic E-state index is 0.0482. The Bertz CT molecular complexity index is 1180. The number of ether oxygens (including phenoxy) is 3. The topological polar surface area (TPSA) is 89.9 Å². The fraction of sp³-hybridized carbons (Fsp3) is 0.217. The zero-order valence-electron chi connectivity index (χ0n) is 18.0. The van der Waals surface area contributed by atoms with Crippen molar-refractivity contribution in [2.24, 2.45) is 0 Å². The summed E-state index contributed by atoms with van der Waals surface area (Å²) < 4.78 is 53.1. The third kappa shape index (κ3) is 5.89. The largest absolute Gasteiger partial charge is 0.494 e. The monoisotopic (exact) mass is 496 g/mol. The van der Waals surface area contributed by atoms with Crippen molar-refractivity contribution in [1.82, 2.24) is 10.3 Å². The van der Waals surface area contributed by atoms with E-state index in [0.717, 1.165) is 0 Å². The standard InChI is InChI=1S/C23H20ClF3N2O5/c1-32-19-8-6-16(29-21(19)12-3-5-15(25)14(24)9-12)17(30)11-28-22(31)13-4-7-18(34-23(26)27)20(10-13)33-2/h3-10,17,23,30H,11H2,1-2H3,(H,28,31). The van der Waals surface area contributed by atoms with E-state index in [9.17, 15) is 23.1 Å². The van der Waals surface area contributed by atoms with Gasteiger partial charge in [0.2, 0.25) is 0 Å². The number of aromatic nitrogens is 1. The highest BCUT2D eigenvalue weighted by Crippen LogP contribution is 2.32. The van der Waals surface area contributed by atoms with Crippen LogP contribution < -0.4 is 19.5 Å². The molecule has 0 saturated carbocycles. The molecule has 2 aromatic carbocycles. The van der Waals surface area contributed by atoms with E-state index >= 15 is 0 Å². The Morgan fingerprint density at radius 1 is 1.06 bits per heavy atom. The Hall–Kier alpha value is -3.50. The lowest BCUT2D eigenvalue weighted by Crippen LogP contribution is -2.28. The molecule has 0 aliphatic carbocycles. The number of carbonyl (C=O) groups is 1. The number of methoxy groups -OCH3 is 2. The first-order valence-electron chi connectivity index (χ1n) is 9.83. The van der Waals surface area contributed by atoms with Crippen molar-refractivity contribution < 1.29 is 37.3 Å². The van der Waals surface area contributed by atoms with Crippen LogP contribution in [0, 0.1) is 5.82 Å². The van der Waals surface area contributed by atoms with Crippen LogP contribution in [0.15, 0.2) is 48.5 Å². The van der Waals surface area contributed by atoms with Gasteiger partial charge in [0.25, 0.3) is 5.91 Å². The molecule has 0 aliphatic heterocycles. The Balaban J connectivity index is 1.75. The minimum atomic E-state index is -3.04. The molecule has 1 amide bonds. The number of aliphatic hydroxyl groups excluding tert-OH is 1. The fourth-order valence-corrected chi connectivity index (χ4v) is 3.24. The second-order valence-electron chi connectivity index (χ2n) is 6.89. The van der Waals surface area contributed by atoms with E-state index in [4.69, 9.17) is 21.1 Å². The van der Waals surface area contributed by atoms with Crippen LogP contribution in [0.4, 0.5) is 13.2 Å². The molecule has 0 spiro atoms. The lowest BCUT2D eigenvalue weighted by Gasteiger charge is -2.15. The second-order valence-corrected chi connectivity index (χ2v) is 7.29. The molecule has 2 N–H and O–H groups in total. The molecule has 1 aromatic heterocycles. The lowest BCUT2D eigenvalue weighted by molar-refractivity contribution is -0.0512. The summed E-state index contributed by atoms with van der Waals surface area (Å²) in [6, 6.07) is 10.8. The number of rotatable bonds is 9. The van der Waals surface area contributed by atoms with Crippen molar-refractivity contribution in [3.05, 3.63) is 70.6 Å². The van der Waals surface area contributed by atoms with Gasteiger partial charge < -0.3 is 24.6 Å². The first-order valence-corrected chi connectivity index (χ1v) is 10.2. The van der Waals surface area contributed by atoms with Gasteiger partial charge in [-0.15, -0.1) is 0 Å². The van der Waals surface area contributed by atoms with Crippen LogP contribution in [0.2, 0.25) is 5.02 Å². The molecule has 1 unspecified atom stereocenters. The number of halogens is 4. The van der Waals surface area contributed by atoms with E-state index in [2.05, 4.69) is 15.0 Å². The van der Waals surface area contributed by atoms with Gasteiger partial charge in [0, 0.05) is 17.7 Å². The molecule has 11 heteroatoms. The molecule has 3 rings (SSSR count). The molecule has 0 saturated heterocycles. The summed E-state index contributed by atoms with van der Waals surface area (Å²) in [6.45, 7) is -3.25. The molecule has 34 heavy (non-hydrogen) atoms. The van der Waals surface area contributed by atoms with Crippen molar-refractivity contribution in [3.8, 4) is 28.5 Å². The number of nitrogens with zero attached hydrogens (tertiary/aromatic N) is 1. The summed E-state index contributed by atoms with van der Waals surface area (Å²) in [6.07, 6.45) is -1.20. The minimum Gasteiger partial charge on any atom is -0.494 e. The van der Waals surface area contributed by atoms with E-state index in [0.29, 0.717) is 17.0 Å². The van der Waals surface area contributed by atoms with E-state index in [1.807, 2.05) is 0 Å². The number of hydrogen-bond acceptors (Lipinski definition) is 6. The van der Waals surface area contributed by atoms with Crippen LogP contribution in [0.5, 0.6) is 17.2 Å². The zero-order valence-corrected chi connectivity index (χ0v) is 18.8. The summed E-state index contributed by atoms with van der Waals surface area (Å²) >= 11 is 5.87. The Kier molecular flexibility index (Phi) is 8.19. The van der Waals surface area contributed by atoms with Crippen LogP contribution in [-0.4, -0.2) is 43.4 Å². The van der Waals surface area contributed by atoms with Gasteiger partial charge in [0.15, 0.2) is 11.5 Å². The van der Waals surface area contributed by atoms with Gasteiger partial charge in [-0.3, -0.25) is 4.79 Å². The molecule has 0 aliphatic rings. The number of benzene rings is 2. The van der Waals surface area contributed by atoms with Gasteiger partial charge in [-0.2, -0.15) is 8.78 Å². The summed E-state index contributed by atoms with van der Waals surface area (Å²) in [7, 11) is 2.69. The van der Waals surface area contributed by atoms with Gasteiger partial charge in [-0.25, -0.2) is 9.37 Å².